The summed E-state index contributed by atoms with van der Waals surface area (Å²) in [5, 5.41) is -0.884. The third-order valence-corrected chi connectivity index (χ3v) is 5.19. The minimum Gasteiger partial charge on any atom is -0.466 e. The second kappa shape index (κ2) is 7.90. The van der Waals surface area contributed by atoms with Crippen LogP contribution >= 0.6 is 0 Å². The minimum absolute atomic E-state index is 0.0425. The maximum atomic E-state index is 12.8. The van der Waals surface area contributed by atoms with E-state index in [-0.39, 0.29) is 12.1 Å². The fraction of sp³-hybridized carbons (Fsp3) is 0.167. The molecule has 0 saturated heterocycles. The predicted octanol–water partition coefficient (Wildman–Crippen LogP) is 2.42. The molecular weight excluding hydrogens is 326 g/mol. The number of carbonyl (C=O) groups is 1. The van der Waals surface area contributed by atoms with Gasteiger partial charge in [0, 0.05) is 12.1 Å². The van der Waals surface area contributed by atoms with Gasteiger partial charge in [-0.15, -0.1) is 0 Å². The summed E-state index contributed by atoms with van der Waals surface area (Å²) in [6.45, 7) is 3.33. The minimum atomic E-state index is -3.78. The number of nitrogens with one attached hydrogen (secondary N) is 1. The van der Waals surface area contributed by atoms with E-state index in [2.05, 4.69) is 16.0 Å². The Bertz CT molecular complexity index is 762. The van der Waals surface area contributed by atoms with E-state index in [0.29, 0.717) is 11.1 Å². The first-order valence-corrected chi connectivity index (χ1v) is 8.85. The monoisotopic (exact) mass is 345 g/mol. The molecule has 2 aromatic carbocycles. The van der Waals surface area contributed by atoms with Gasteiger partial charge in [0.1, 0.15) is 5.25 Å². The summed E-state index contributed by atoms with van der Waals surface area (Å²) in [5.41, 5.74) is 1.32. The van der Waals surface area contributed by atoms with E-state index < -0.39 is 21.2 Å². The molecule has 0 fully saturated rings. The first kappa shape index (κ1) is 17.9. The Morgan fingerprint density at radius 3 is 1.92 bits per heavy atom. The zero-order valence-corrected chi connectivity index (χ0v) is 14.1. The van der Waals surface area contributed by atoms with Gasteiger partial charge in [-0.3, -0.25) is 0 Å². The molecule has 0 spiro atoms. The molecule has 0 bridgehead atoms. The molecule has 0 atom stereocenters. The van der Waals surface area contributed by atoms with Gasteiger partial charge < -0.3 is 4.74 Å². The highest BCUT2D eigenvalue weighted by molar-refractivity contribution is 7.89. The van der Waals surface area contributed by atoms with Crippen molar-refractivity contribution in [2.24, 2.45) is 0 Å². The third-order valence-electron chi connectivity index (χ3n) is 3.48. The summed E-state index contributed by atoms with van der Waals surface area (Å²) < 4.78 is 32.7. The van der Waals surface area contributed by atoms with Crippen LogP contribution in [0.4, 0.5) is 0 Å². The fourth-order valence-electron chi connectivity index (χ4n) is 2.29. The van der Waals surface area contributed by atoms with Crippen LogP contribution in [-0.2, 0) is 19.6 Å². The molecular formula is C18H19NO4S. The van der Waals surface area contributed by atoms with Crippen molar-refractivity contribution in [3.05, 3.63) is 83.9 Å². The lowest BCUT2D eigenvalue weighted by atomic mass is 10.0. The Balaban J connectivity index is 2.33. The molecule has 0 heterocycles. The highest BCUT2D eigenvalue weighted by Gasteiger charge is 2.29. The SMILES string of the molecule is C=C(CNS(=O)(=O)C(c1ccccc1)c1ccccc1)C(=O)OC. The highest BCUT2D eigenvalue weighted by atomic mass is 32.2. The molecule has 0 saturated carbocycles. The summed E-state index contributed by atoms with van der Waals surface area (Å²) in [6.07, 6.45) is 0. The largest absolute Gasteiger partial charge is 0.466 e. The van der Waals surface area contributed by atoms with E-state index in [9.17, 15) is 13.2 Å². The summed E-state index contributed by atoms with van der Waals surface area (Å²) in [5.74, 6) is -0.645. The van der Waals surface area contributed by atoms with E-state index in [4.69, 9.17) is 0 Å². The van der Waals surface area contributed by atoms with Gasteiger partial charge in [-0.2, -0.15) is 0 Å². The molecule has 126 valence electrons. The average Bonchev–Trinajstić information content (AvgIpc) is 2.61. The van der Waals surface area contributed by atoms with Crippen molar-refractivity contribution < 1.29 is 17.9 Å². The van der Waals surface area contributed by atoms with Crippen LogP contribution in [0, 0.1) is 0 Å². The molecule has 0 unspecified atom stereocenters. The molecule has 0 aliphatic heterocycles. The molecule has 0 amide bonds. The maximum Gasteiger partial charge on any atom is 0.334 e. The van der Waals surface area contributed by atoms with Gasteiger partial charge in [0.25, 0.3) is 0 Å². The number of hydrogen-bond acceptors (Lipinski definition) is 4. The first-order chi connectivity index (χ1) is 11.5. The number of hydrogen-bond donors (Lipinski definition) is 1. The van der Waals surface area contributed by atoms with Crippen LogP contribution in [0.25, 0.3) is 0 Å². The van der Waals surface area contributed by atoms with Crippen molar-refractivity contribution in [3.63, 3.8) is 0 Å². The molecule has 0 aromatic heterocycles. The van der Waals surface area contributed by atoms with Gasteiger partial charge in [-0.1, -0.05) is 67.2 Å². The first-order valence-electron chi connectivity index (χ1n) is 7.30. The number of benzene rings is 2. The maximum absolute atomic E-state index is 12.8. The Kier molecular flexibility index (Phi) is 5.89. The molecule has 0 aliphatic carbocycles. The summed E-state index contributed by atoms with van der Waals surface area (Å²) >= 11 is 0. The summed E-state index contributed by atoms with van der Waals surface area (Å²) in [6, 6.07) is 17.8. The van der Waals surface area contributed by atoms with Crippen molar-refractivity contribution in [2.45, 2.75) is 5.25 Å². The Morgan fingerprint density at radius 2 is 1.50 bits per heavy atom. The van der Waals surface area contributed by atoms with Crippen molar-refractivity contribution >= 4 is 16.0 Å². The van der Waals surface area contributed by atoms with Crippen LogP contribution < -0.4 is 4.72 Å². The molecule has 0 radical (unpaired) electrons. The topological polar surface area (TPSA) is 72.5 Å². The van der Waals surface area contributed by atoms with Gasteiger partial charge in [-0.25, -0.2) is 17.9 Å². The molecule has 0 aliphatic rings. The van der Waals surface area contributed by atoms with Crippen LogP contribution in [0.3, 0.4) is 0 Å². The second-order valence-corrected chi connectivity index (χ2v) is 7.01. The van der Waals surface area contributed by atoms with Crippen LogP contribution in [0.1, 0.15) is 16.4 Å². The van der Waals surface area contributed by atoms with Crippen LogP contribution in [0.2, 0.25) is 0 Å². The van der Waals surface area contributed by atoms with E-state index in [1.54, 1.807) is 48.5 Å². The smallest absolute Gasteiger partial charge is 0.334 e. The number of esters is 1. The lowest BCUT2D eigenvalue weighted by Crippen LogP contribution is -2.32. The number of carbonyl (C=O) groups excluding carboxylic acids is 1. The Labute approximate surface area is 142 Å². The van der Waals surface area contributed by atoms with Gasteiger partial charge in [0.05, 0.1) is 7.11 Å². The standard InChI is InChI=1S/C18H19NO4S/c1-14(18(20)23-2)13-19-24(21,22)17(15-9-5-3-6-10-15)16-11-7-4-8-12-16/h3-12,17,19H,1,13H2,2H3. The predicted molar refractivity (Wildman–Crippen MR) is 92.8 cm³/mol. The van der Waals surface area contributed by atoms with Gasteiger partial charge in [0.15, 0.2) is 0 Å². The van der Waals surface area contributed by atoms with Crippen molar-refractivity contribution in [1.82, 2.24) is 4.72 Å². The third kappa shape index (κ3) is 4.31. The molecule has 2 rings (SSSR count). The average molecular weight is 345 g/mol. The Morgan fingerprint density at radius 1 is 1.04 bits per heavy atom. The van der Waals surface area contributed by atoms with Crippen molar-refractivity contribution in [2.75, 3.05) is 13.7 Å². The van der Waals surface area contributed by atoms with Gasteiger partial charge in [0.2, 0.25) is 10.0 Å². The highest BCUT2D eigenvalue weighted by Crippen LogP contribution is 2.29. The zero-order valence-electron chi connectivity index (χ0n) is 13.3. The molecule has 2 aromatic rings. The van der Waals surface area contributed by atoms with E-state index in [0.717, 1.165) is 0 Å². The fourth-order valence-corrected chi connectivity index (χ4v) is 3.87. The molecule has 6 heteroatoms. The number of methoxy groups -OCH3 is 1. The van der Waals surface area contributed by atoms with Crippen LogP contribution in [0.5, 0.6) is 0 Å². The van der Waals surface area contributed by atoms with Gasteiger partial charge >= 0.3 is 5.97 Å². The lowest BCUT2D eigenvalue weighted by molar-refractivity contribution is -0.136. The number of rotatable bonds is 7. The molecule has 1 N–H and O–H groups in total. The van der Waals surface area contributed by atoms with Crippen LogP contribution in [0.15, 0.2) is 72.8 Å². The normalized spacial score (nSPS) is 11.2. The van der Waals surface area contributed by atoms with E-state index in [1.165, 1.54) is 7.11 Å². The summed E-state index contributed by atoms with van der Waals surface area (Å²) in [7, 11) is -2.56. The molecule has 24 heavy (non-hydrogen) atoms. The van der Waals surface area contributed by atoms with Crippen molar-refractivity contribution in [3.8, 4) is 0 Å². The van der Waals surface area contributed by atoms with E-state index >= 15 is 0 Å². The van der Waals surface area contributed by atoms with Crippen LogP contribution in [-0.4, -0.2) is 28.0 Å². The quantitative estimate of drug-likeness (QED) is 0.618. The lowest BCUT2D eigenvalue weighted by Gasteiger charge is -2.19. The van der Waals surface area contributed by atoms with Crippen molar-refractivity contribution in [1.29, 1.82) is 0 Å². The Hall–Kier alpha value is -2.44. The number of ether oxygens (including phenoxy) is 1. The van der Waals surface area contributed by atoms with Gasteiger partial charge in [-0.05, 0) is 11.1 Å². The van der Waals surface area contributed by atoms with E-state index in [1.807, 2.05) is 12.1 Å². The number of sulfonamides is 1. The zero-order chi connectivity index (χ0) is 17.6. The molecule has 5 nitrogen and oxygen atoms in total. The summed E-state index contributed by atoms with van der Waals surface area (Å²) in [4.78, 5) is 11.4. The second-order valence-electron chi connectivity index (χ2n) is 5.16.